The number of hydrogen-bond donors (Lipinski definition) is 3. The molecule has 4 rings (SSSR count). The molecule has 1 aliphatic carbocycles. The fraction of sp³-hybridized carbons (Fsp3) is 0.360. The van der Waals surface area contributed by atoms with Crippen molar-refractivity contribution in [3.8, 4) is 0 Å². The highest BCUT2D eigenvalue weighted by Gasteiger charge is 2.24. The van der Waals surface area contributed by atoms with E-state index in [0.29, 0.717) is 18.2 Å². The Bertz CT molecular complexity index is 1120. The molecular weight excluding hydrogens is 436 g/mol. The van der Waals surface area contributed by atoms with Gasteiger partial charge in [-0.25, -0.2) is 0 Å². The molecule has 0 saturated heterocycles. The van der Waals surface area contributed by atoms with Crippen molar-refractivity contribution in [1.82, 2.24) is 10.2 Å². The van der Waals surface area contributed by atoms with Gasteiger partial charge in [0.05, 0.1) is 6.61 Å². The second-order valence-corrected chi connectivity index (χ2v) is 8.56. The second-order valence-electron chi connectivity index (χ2n) is 8.56. The number of hydrogen-bond acceptors (Lipinski definition) is 7. The minimum Gasteiger partial charge on any atom is -0.481 e. The smallest absolute Gasteiger partial charge is 0.320 e. The average molecular weight is 465 g/mol. The van der Waals surface area contributed by atoms with Gasteiger partial charge < -0.3 is 24.9 Å². The zero-order valence-corrected chi connectivity index (χ0v) is 19.0. The molecule has 0 spiro atoms. The van der Waals surface area contributed by atoms with Crippen LogP contribution in [0.4, 0.5) is 17.4 Å². The topological polar surface area (TPSA) is 127 Å². The quantitative estimate of drug-likeness (QED) is 0.406. The zero-order chi connectivity index (χ0) is 23.9. The number of aliphatic carboxylic acids is 1. The van der Waals surface area contributed by atoms with Crippen LogP contribution in [0.5, 0.6) is 0 Å². The van der Waals surface area contributed by atoms with Gasteiger partial charge in [-0.3, -0.25) is 9.59 Å². The summed E-state index contributed by atoms with van der Waals surface area (Å²) in [5.74, 6) is -0.659. The SMILES string of the molecule is COCc1cccc(Nc2nnc(C(=O)Nc3ccc(C4CCC(CC(=O)O)CC4)cc3)o2)c1. The highest BCUT2D eigenvalue weighted by Crippen LogP contribution is 2.37. The number of rotatable bonds is 9. The molecule has 2 aromatic carbocycles. The number of nitrogens with zero attached hydrogens (tertiary/aromatic N) is 2. The van der Waals surface area contributed by atoms with E-state index in [-0.39, 0.29) is 24.2 Å². The average Bonchev–Trinajstić information content (AvgIpc) is 3.29. The van der Waals surface area contributed by atoms with Crippen LogP contribution in [0, 0.1) is 5.92 Å². The predicted octanol–water partition coefficient (Wildman–Crippen LogP) is 4.96. The summed E-state index contributed by atoms with van der Waals surface area (Å²) in [6.45, 7) is 0.484. The Kier molecular flexibility index (Phi) is 7.54. The molecule has 9 nitrogen and oxygen atoms in total. The molecular formula is C25H28N4O5. The maximum absolute atomic E-state index is 12.5. The summed E-state index contributed by atoms with van der Waals surface area (Å²) in [4.78, 5) is 23.4. The Balaban J connectivity index is 1.31. The maximum Gasteiger partial charge on any atom is 0.320 e. The standard InChI is InChI=1S/C25H28N4O5/c1-33-15-17-3-2-4-21(13-17)27-25-29-28-24(34-25)23(32)26-20-11-9-19(10-12-20)18-7-5-16(6-8-18)14-22(30)31/h2-4,9-13,16,18H,5-8,14-15H2,1H3,(H,26,32)(H,27,29)(H,30,31). The lowest BCUT2D eigenvalue weighted by Crippen LogP contribution is -2.16. The number of methoxy groups -OCH3 is 1. The Labute approximate surface area is 197 Å². The number of carboxylic acid groups (broad SMARTS) is 1. The van der Waals surface area contributed by atoms with Crippen LogP contribution in [-0.2, 0) is 16.1 Å². The number of benzene rings is 2. The number of aromatic nitrogens is 2. The number of carboxylic acids is 1. The first-order valence-electron chi connectivity index (χ1n) is 11.3. The monoisotopic (exact) mass is 464 g/mol. The molecule has 0 bridgehead atoms. The van der Waals surface area contributed by atoms with Crippen LogP contribution in [0.3, 0.4) is 0 Å². The van der Waals surface area contributed by atoms with E-state index in [1.165, 1.54) is 5.56 Å². The van der Waals surface area contributed by atoms with Crippen molar-refractivity contribution in [1.29, 1.82) is 0 Å². The Morgan fingerprint density at radius 2 is 1.82 bits per heavy atom. The molecule has 0 radical (unpaired) electrons. The lowest BCUT2D eigenvalue weighted by atomic mass is 9.77. The van der Waals surface area contributed by atoms with Gasteiger partial charge in [0.1, 0.15) is 0 Å². The van der Waals surface area contributed by atoms with Crippen LogP contribution < -0.4 is 10.6 Å². The highest BCUT2D eigenvalue weighted by atomic mass is 16.5. The van der Waals surface area contributed by atoms with E-state index < -0.39 is 11.9 Å². The zero-order valence-electron chi connectivity index (χ0n) is 19.0. The number of nitrogens with one attached hydrogen (secondary N) is 2. The third-order valence-corrected chi connectivity index (χ3v) is 6.06. The number of anilines is 3. The van der Waals surface area contributed by atoms with Crippen LogP contribution in [0.2, 0.25) is 0 Å². The van der Waals surface area contributed by atoms with E-state index in [9.17, 15) is 9.59 Å². The van der Waals surface area contributed by atoms with Gasteiger partial charge >= 0.3 is 23.8 Å². The molecule has 0 unspecified atom stereocenters. The van der Waals surface area contributed by atoms with Crippen molar-refractivity contribution in [2.24, 2.45) is 5.92 Å². The van der Waals surface area contributed by atoms with Gasteiger partial charge in [-0.1, -0.05) is 29.4 Å². The first-order chi connectivity index (χ1) is 16.5. The van der Waals surface area contributed by atoms with Crippen LogP contribution >= 0.6 is 0 Å². The first kappa shape index (κ1) is 23.4. The minimum atomic E-state index is -0.719. The fourth-order valence-electron chi connectivity index (χ4n) is 4.36. The summed E-state index contributed by atoms with van der Waals surface area (Å²) < 4.78 is 10.6. The third-order valence-electron chi connectivity index (χ3n) is 6.06. The van der Waals surface area contributed by atoms with Crippen molar-refractivity contribution in [3.05, 3.63) is 65.5 Å². The van der Waals surface area contributed by atoms with Gasteiger partial charge in [-0.05, 0) is 72.9 Å². The lowest BCUT2D eigenvalue weighted by molar-refractivity contribution is -0.138. The predicted molar refractivity (Wildman–Crippen MR) is 126 cm³/mol. The number of amides is 1. The van der Waals surface area contributed by atoms with Crippen LogP contribution in [-0.4, -0.2) is 34.3 Å². The Morgan fingerprint density at radius 3 is 2.53 bits per heavy atom. The van der Waals surface area contributed by atoms with Gasteiger partial charge in [-0.2, -0.15) is 0 Å². The highest BCUT2D eigenvalue weighted by molar-refractivity contribution is 6.00. The normalized spacial score (nSPS) is 17.8. The molecule has 1 fully saturated rings. The molecule has 1 amide bonds. The molecule has 1 aromatic heterocycles. The van der Waals surface area contributed by atoms with Crippen molar-refractivity contribution < 1.29 is 23.8 Å². The summed E-state index contributed by atoms with van der Waals surface area (Å²) in [6.07, 6.45) is 4.08. The summed E-state index contributed by atoms with van der Waals surface area (Å²) in [7, 11) is 1.63. The molecule has 0 aliphatic heterocycles. The van der Waals surface area contributed by atoms with E-state index in [0.717, 1.165) is 36.9 Å². The van der Waals surface area contributed by atoms with Crippen LogP contribution in [0.1, 0.15) is 59.8 Å². The van der Waals surface area contributed by atoms with E-state index in [4.69, 9.17) is 14.3 Å². The van der Waals surface area contributed by atoms with Crippen molar-refractivity contribution >= 4 is 29.3 Å². The van der Waals surface area contributed by atoms with E-state index in [1.807, 2.05) is 48.5 Å². The lowest BCUT2D eigenvalue weighted by Gasteiger charge is -2.28. The van der Waals surface area contributed by atoms with E-state index in [2.05, 4.69) is 20.8 Å². The summed E-state index contributed by atoms with van der Waals surface area (Å²) in [5, 5.41) is 22.5. The maximum atomic E-state index is 12.5. The molecule has 178 valence electrons. The molecule has 1 heterocycles. The summed E-state index contributed by atoms with van der Waals surface area (Å²) in [5.41, 5.74) is 3.57. The van der Waals surface area contributed by atoms with Crippen LogP contribution in [0.25, 0.3) is 0 Å². The van der Waals surface area contributed by atoms with Gasteiger partial charge in [0, 0.05) is 24.9 Å². The number of carbonyl (C=O) groups is 2. The van der Waals surface area contributed by atoms with Gasteiger partial charge in [0.15, 0.2) is 0 Å². The summed E-state index contributed by atoms with van der Waals surface area (Å²) >= 11 is 0. The van der Waals surface area contributed by atoms with Gasteiger partial charge in [0.25, 0.3) is 0 Å². The molecule has 34 heavy (non-hydrogen) atoms. The molecule has 1 aliphatic rings. The Morgan fingerprint density at radius 1 is 1.06 bits per heavy atom. The largest absolute Gasteiger partial charge is 0.481 e. The minimum absolute atomic E-state index is 0.119. The van der Waals surface area contributed by atoms with Crippen molar-refractivity contribution in [2.45, 2.75) is 44.6 Å². The van der Waals surface area contributed by atoms with Crippen molar-refractivity contribution in [3.63, 3.8) is 0 Å². The van der Waals surface area contributed by atoms with Crippen molar-refractivity contribution in [2.75, 3.05) is 17.7 Å². The fourth-order valence-corrected chi connectivity index (χ4v) is 4.36. The molecule has 9 heteroatoms. The van der Waals surface area contributed by atoms with Gasteiger partial charge in [-0.15, -0.1) is 5.10 Å². The molecule has 3 N–H and O–H groups in total. The van der Waals surface area contributed by atoms with Crippen LogP contribution in [0.15, 0.2) is 52.9 Å². The molecule has 1 saturated carbocycles. The molecule has 0 atom stereocenters. The third kappa shape index (κ3) is 6.20. The van der Waals surface area contributed by atoms with E-state index >= 15 is 0 Å². The summed E-state index contributed by atoms with van der Waals surface area (Å²) in [6, 6.07) is 15.4. The number of ether oxygens (including phenoxy) is 1. The first-order valence-corrected chi connectivity index (χ1v) is 11.3. The van der Waals surface area contributed by atoms with Gasteiger partial charge in [0.2, 0.25) is 0 Å². The molecule has 3 aromatic rings. The van der Waals surface area contributed by atoms with E-state index in [1.54, 1.807) is 7.11 Å². The number of carbonyl (C=O) groups excluding carboxylic acids is 1. The second kappa shape index (κ2) is 10.9. The Hall–Kier alpha value is -3.72.